The largest absolute Gasteiger partial charge is 0.381 e. The number of anilines is 1. The number of nitrogens with zero attached hydrogens (tertiary/aromatic N) is 5. The van der Waals surface area contributed by atoms with Gasteiger partial charge in [-0.1, -0.05) is 30.7 Å². The average molecular weight is 282 g/mol. The minimum atomic E-state index is 0.534. The van der Waals surface area contributed by atoms with E-state index in [-0.39, 0.29) is 0 Å². The summed E-state index contributed by atoms with van der Waals surface area (Å²) < 4.78 is 3.85. The molecule has 0 spiro atoms. The Morgan fingerprint density at radius 2 is 2.00 bits per heavy atom. The third-order valence-electron chi connectivity index (χ3n) is 3.43. The van der Waals surface area contributed by atoms with Gasteiger partial charge in [-0.25, -0.2) is 9.67 Å². The molecule has 1 aromatic carbocycles. The molecule has 3 rings (SSSR count). The first-order valence-corrected chi connectivity index (χ1v) is 7.03. The van der Waals surface area contributed by atoms with E-state index < -0.39 is 0 Å². The van der Waals surface area contributed by atoms with E-state index >= 15 is 0 Å². The molecule has 2 aromatic heterocycles. The summed E-state index contributed by atoms with van der Waals surface area (Å²) in [6.45, 7) is 2.81. The van der Waals surface area contributed by atoms with Gasteiger partial charge in [-0.2, -0.15) is 0 Å². The number of hydrogen-bond donors (Lipinski definition) is 1. The van der Waals surface area contributed by atoms with Crippen LogP contribution in [0.15, 0.2) is 43.0 Å². The second kappa shape index (κ2) is 5.78. The molecule has 0 radical (unpaired) electrons. The summed E-state index contributed by atoms with van der Waals surface area (Å²) in [5.41, 5.74) is 9.13. The van der Waals surface area contributed by atoms with Crippen LogP contribution in [-0.4, -0.2) is 24.5 Å². The van der Waals surface area contributed by atoms with E-state index in [1.807, 2.05) is 15.4 Å². The molecule has 0 aliphatic rings. The van der Waals surface area contributed by atoms with Crippen LogP contribution >= 0.6 is 0 Å². The smallest absolute Gasteiger partial charge is 0.169 e. The quantitative estimate of drug-likeness (QED) is 0.777. The van der Waals surface area contributed by atoms with Crippen molar-refractivity contribution in [1.82, 2.24) is 24.5 Å². The van der Waals surface area contributed by atoms with Gasteiger partial charge in [0.25, 0.3) is 0 Å². The van der Waals surface area contributed by atoms with Gasteiger partial charge in [-0.05, 0) is 24.1 Å². The van der Waals surface area contributed by atoms with Crippen molar-refractivity contribution in [2.24, 2.45) is 0 Å². The van der Waals surface area contributed by atoms with Crippen molar-refractivity contribution in [3.05, 3.63) is 54.2 Å². The van der Waals surface area contributed by atoms with E-state index in [0.717, 1.165) is 24.2 Å². The molecule has 0 aliphatic heterocycles. The summed E-state index contributed by atoms with van der Waals surface area (Å²) in [6, 6.07) is 8.31. The number of imidazole rings is 1. The highest BCUT2D eigenvalue weighted by molar-refractivity contribution is 5.36. The van der Waals surface area contributed by atoms with Gasteiger partial charge in [-0.15, -0.1) is 5.10 Å². The lowest BCUT2D eigenvalue weighted by molar-refractivity contribution is 0.613. The van der Waals surface area contributed by atoms with Crippen LogP contribution in [0.2, 0.25) is 0 Å². The summed E-state index contributed by atoms with van der Waals surface area (Å²) in [7, 11) is 0. The zero-order valence-corrected chi connectivity index (χ0v) is 12.0. The van der Waals surface area contributed by atoms with E-state index in [0.29, 0.717) is 12.4 Å². The molecule has 0 aliphatic carbocycles. The molecule has 3 aromatic rings. The normalized spacial score (nSPS) is 10.9. The molecule has 0 saturated carbocycles. The molecule has 0 atom stereocenters. The Hall–Kier alpha value is -2.63. The number of nitrogen functional groups attached to an aromatic ring is 1. The van der Waals surface area contributed by atoms with Gasteiger partial charge >= 0.3 is 0 Å². The standard InChI is InChI=1S/C15H18N6/c1-2-3-14-15(16)18-19-21(14)10-12-4-6-13(7-5-12)20-9-8-17-11-20/h4-9,11H,2-3,10,16H2,1H3. The number of rotatable bonds is 5. The molecule has 2 heterocycles. The zero-order valence-electron chi connectivity index (χ0n) is 12.0. The van der Waals surface area contributed by atoms with Crippen molar-refractivity contribution >= 4 is 5.82 Å². The molecule has 0 amide bonds. The van der Waals surface area contributed by atoms with Crippen molar-refractivity contribution in [2.75, 3.05) is 5.73 Å². The van der Waals surface area contributed by atoms with Crippen LogP contribution in [0.4, 0.5) is 5.82 Å². The Morgan fingerprint density at radius 3 is 2.67 bits per heavy atom. The second-order valence-electron chi connectivity index (χ2n) is 4.97. The Bertz CT molecular complexity index is 696. The highest BCUT2D eigenvalue weighted by Crippen LogP contribution is 2.14. The molecule has 21 heavy (non-hydrogen) atoms. The lowest BCUT2D eigenvalue weighted by Gasteiger charge is -2.07. The first-order chi connectivity index (χ1) is 10.3. The fraction of sp³-hybridized carbons (Fsp3) is 0.267. The Balaban J connectivity index is 1.79. The van der Waals surface area contributed by atoms with Gasteiger partial charge in [0.2, 0.25) is 0 Å². The van der Waals surface area contributed by atoms with Crippen molar-refractivity contribution in [3.8, 4) is 5.69 Å². The Kier molecular flexibility index (Phi) is 3.68. The van der Waals surface area contributed by atoms with Crippen molar-refractivity contribution < 1.29 is 0 Å². The summed E-state index contributed by atoms with van der Waals surface area (Å²) in [5, 5.41) is 8.10. The van der Waals surface area contributed by atoms with Crippen LogP contribution in [0, 0.1) is 0 Å². The van der Waals surface area contributed by atoms with E-state index in [4.69, 9.17) is 5.73 Å². The minimum Gasteiger partial charge on any atom is -0.381 e. The molecule has 0 saturated heterocycles. The van der Waals surface area contributed by atoms with Crippen LogP contribution in [0.5, 0.6) is 0 Å². The fourth-order valence-electron chi connectivity index (χ4n) is 2.33. The second-order valence-corrected chi connectivity index (χ2v) is 4.97. The first-order valence-electron chi connectivity index (χ1n) is 7.03. The topological polar surface area (TPSA) is 74.5 Å². The lowest BCUT2D eigenvalue weighted by Crippen LogP contribution is -2.07. The highest BCUT2D eigenvalue weighted by Gasteiger charge is 2.09. The summed E-state index contributed by atoms with van der Waals surface area (Å²) >= 11 is 0. The SMILES string of the molecule is CCCc1c(N)nnn1Cc1ccc(-n2ccnc2)cc1. The Morgan fingerprint density at radius 1 is 1.19 bits per heavy atom. The molecule has 0 bridgehead atoms. The number of nitrogens with two attached hydrogens (primary N) is 1. The van der Waals surface area contributed by atoms with E-state index in [1.165, 1.54) is 5.56 Å². The van der Waals surface area contributed by atoms with Crippen LogP contribution in [0.1, 0.15) is 24.6 Å². The van der Waals surface area contributed by atoms with Crippen molar-refractivity contribution in [2.45, 2.75) is 26.3 Å². The van der Waals surface area contributed by atoms with E-state index in [9.17, 15) is 0 Å². The lowest BCUT2D eigenvalue weighted by atomic mass is 10.2. The molecule has 2 N–H and O–H groups in total. The molecular weight excluding hydrogens is 264 g/mol. The van der Waals surface area contributed by atoms with Crippen LogP contribution in [0.3, 0.4) is 0 Å². The van der Waals surface area contributed by atoms with Crippen molar-refractivity contribution in [1.29, 1.82) is 0 Å². The van der Waals surface area contributed by atoms with E-state index in [2.05, 4.69) is 46.5 Å². The van der Waals surface area contributed by atoms with Gasteiger partial charge in [0.1, 0.15) is 0 Å². The van der Waals surface area contributed by atoms with Gasteiger partial charge < -0.3 is 10.3 Å². The summed E-state index contributed by atoms with van der Waals surface area (Å²) in [4.78, 5) is 4.05. The van der Waals surface area contributed by atoms with Crippen molar-refractivity contribution in [3.63, 3.8) is 0 Å². The minimum absolute atomic E-state index is 0.534. The average Bonchev–Trinajstić information content (AvgIpc) is 3.14. The van der Waals surface area contributed by atoms with Gasteiger partial charge in [0, 0.05) is 18.1 Å². The predicted octanol–water partition coefficient (Wildman–Crippen LogP) is 2.05. The molecular formula is C15H18N6. The van der Waals surface area contributed by atoms with Crippen LogP contribution in [-0.2, 0) is 13.0 Å². The van der Waals surface area contributed by atoms with E-state index in [1.54, 1.807) is 12.5 Å². The third kappa shape index (κ3) is 2.79. The number of aromatic nitrogens is 5. The van der Waals surface area contributed by atoms with Crippen LogP contribution < -0.4 is 5.73 Å². The van der Waals surface area contributed by atoms with Crippen LogP contribution in [0.25, 0.3) is 5.69 Å². The van der Waals surface area contributed by atoms with Gasteiger partial charge in [0.05, 0.1) is 18.6 Å². The molecule has 6 nitrogen and oxygen atoms in total. The predicted molar refractivity (Wildman–Crippen MR) is 81.1 cm³/mol. The molecule has 6 heteroatoms. The number of benzene rings is 1. The molecule has 0 fully saturated rings. The maximum Gasteiger partial charge on any atom is 0.169 e. The summed E-state index contributed by atoms with van der Waals surface area (Å²) in [6.07, 6.45) is 7.39. The molecule has 108 valence electrons. The Labute approximate surface area is 123 Å². The zero-order chi connectivity index (χ0) is 14.7. The number of hydrogen-bond acceptors (Lipinski definition) is 4. The van der Waals surface area contributed by atoms with Gasteiger partial charge in [0.15, 0.2) is 5.82 Å². The maximum atomic E-state index is 5.86. The molecule has 0 unspecified atom stereocenters. The highest BCUT2D eigenvalue weighted by atomic mass is 15.4. The van der Waals surface area contributed by atoms with Gasteiger partial charge in [-0.3, -0.25) is 0 Å². The summed E-state index contributed by atoms with van der Waals surface area (Å²) in [5.74, 6) is 0.534. The third-order valence-corrected chi connectivity index (χ3v) is 3.43. The fourth-order valence-corrected chi connectivity index (χ4v) is 2.33. The maximum absolute atomic E-state index is 5.86. The first kappa shape index (κ1) is 13.4. The monoisotopic (exact) mass is 282 g/mol.